The lowest BCUT2D eigenvalue weighted by atomic mass is 9.58. The molecule has 0 atom stereocenters. The normalized spacial score (nSPS) is 31.2. The van der Waals surface area contributed by atoms with E-state index in [1.807, 2.05) is 0 Å². The van der Waals surface area contributed by atoms with E-state index in [1.54, 1.807) is 0 Å². The summed E-state index contributed by atoms with van der Waals surface area (Å²) in [6.45, 7) is 1.20. The lowest BCUT2D eigenvalue weighted by Gasteiger charge is -2.51. The van der Waals surface area contributed by atoms with Gasteiger partial charge < -0.3 is 19.7 Å². The van der Waals surface area contributed by atoms with E-state index in [1.165, 1.54) is 0 Å². The van der Waals surface area contributed by atoms with Crippen molar-refractivity contribution >= 4 is 5.97 Å². The van der Waals surface area contributed by atoms with E-state index in [9.17, 15) is 15.0 Å². The van der Waals surface area contributed by atoms with Gasteiger partial charge in [0, 0.05) is 12.8 Å². The van der Waals surface area contributed by atoms with Gasteiger partial charge >= 0.3 is 5.97 Å². The smallest absolute Gasteiger partial charge is 0.312 e. The number of carboxylic acid groups (broad SMARTS) is 1. The fraction of sp³-hybridized carbons (Fsp3) is 0.933. The Morgan fingerprint density at radius 2 is 1.40 bits per heavy atom. The summed E-state index contributed by atoms with van der Waals surface area (Å²) in [6.07, 6.45) is 6.15. The van der Waals surface area contributed by atoms with Gasteiger partial charge in [-0.15, -0.1) is 0 Å². The van der Waals surface area contributed by atoms with Crippen LogP contribution in [0, 0.1) is 5.41 Å². The van der Waals surface area contributed by atoms with Crippen LogP contribution in [0.4, 0.5) is 0 Å². The summed E-state index contributed by atoms with van der Waals surface area (Å²) in [5.41, 5.74) is -2.08. The van der Waals surface area contributed by atoms with E-state index in [0.29, 0.717) is 51.7 Å². The Bertz CT molecular complexity index is 370. The Morgan fingerprint density at radius 3 is 1.90 bits per heavy atom. The van der Waals surface area contributed by atoms with E-state index in [2.05, 4.69) is 0 Å². The number of carboxylic acids is 1. The highest BCUT2D eigenvalue weighted by atomic mass is 16.7. The van der Waals surface area contributed by atoms with Crippen LogP contribution in [-0.4, -0.2) is 40.8 Å². The molecule has 3 rings (SSSR count). The summed E-state index contributed by atoms with van der Waals surface area (Å²) in [4.78, 5) is 11.9. The number of aliphatic carboxylic acids is 1. The molecule has 2 N–H and O–H groups in total. The van der Waals surface area contributed by atoms with Crippen LogP contribution in [0.5, 0.6) is 0 Å². The first-order chi connectivity index (χ1) is 9.52. The molecule has 1 heterocycles. The molecular formula is C15H24O5. The Hall–Kier alpha value is -0.650. The van der Waals surface area contributed by atoms with Crippen LogP contribution in [0.1, 0.15) is 57.8 Å². The largest absolute Gasteiger partial charge is 0.481 e. The number of hydrogen-bond donors (Lipinski definition) is 2. The second kappa shape index (κ2) is 4.97. The lowest BCUT2D eigenvalue weighted by Crippen LogP contribution is -2.58. The van der Waals surface area contributed by atoms with Crippen molar-refractivity contribution in [2.24, 2.45) is 5.41 Å². The van der Waals surface area contributed by atoms with Gasteiger partial charge in [0.1, 0.15) is 0 Å². The van der Waals surface area contributed by atoms with Crippen molar-refractivity contribution in [3.63, 3.8) is 0 Å². The summed E-state index contributed by atoms with van der Waals surface area (Å²) >= 11 is 0. The van der Waals surface area contributed by atoms with Crippen molar-refractivity contribution in [2.75, 3.05) is 13.2 Å². The molecule has 0 aromatic rings. The van der Waals surface area contributed by atoms with Crippen LogP contribution in [0.3, 0.4) is 0 Å². The molecule has 114 valence electrons. The highest BCUT2D eigenvalue weighted by molar-refractivity contribution is 5.76. The molecule has 3 aliphatic rings. The predicted octanol–water partition coefficient (Wildman–Crippen LogP) is 2.07. The van der Waals surface area contributed by atoms with Gasteiger partial charge in [-0.3, -0.25) is 4.79 Å². The number of aliphatic hydroxyl groups is 1. The van der Waals surface area contributed by atoms with Gasteiger partial charge in [0.15, 0.2) is 5.79 Å². The van der Waals surface area contributed by atoms with Gasteiger partial charge in [-0.1, -0.05) is 19.3 Å². The minimum Gasteiger partial charge on any atom is -0.481 e. The first kappa shape index (κ1) is 14.3. The molecule has 1 aliphatic heterocycles. The van der Waals surface area contributed by atoms with Crippen molar-refractivity contribution in [1.82, 2.24) is 0 Å². The van der Waals surface area contributed by atoms with Crippen molar-refractivity contribution in [3.05, 3.63) is 0 Å². The Labute approximate surface area is 119 Å². The average Bonchev–Trinajstić information content (AvgIpc) is 2.92. The maximum atomic E-state index is 11.9. The molecule has 0 bridgehead atoms. The van der Waals surface area contributed by atoms with Crippen LogP contribution in [0.25, 0.3) is 0 Å². The molecule has 20 heavy (non-hydrogen) atoms. The third-order valence-corrected chi connectivity index (χ3v) is 5.66. The van der Waals surface area contributed by atoms with Crippen molar-refractivity contribution in [3.8, 4) is 0 Å². The number of ether oxygens (including phenoxy) is 2. The SMILES string of the molecule is O=C(O)C1(C2(O)CCC3(CC2)OCCO3)CCCCC1. The molecule has 0 amide bonds. The molecule has 2 aliphatic carbocycles. The monoisotopic (exact) mass is 284 g/mol. The maximum Gasteiger partial charge on any atom is 0.312 e. The molecule has 2 saturated carbocycles. The Balaban J connectivity index is 1.79. The second-order valence-corrected chi connectivity index (χ2v) is 6.59. The quantitative estimate of drug-likeness (QED) is 0.812. The fourth-order valence-corrected chi connectivity index (χ4v) is 4.34. The van der Waals surface area contributed by atoms with Crippen LogP contribution in [0.15, 0.2) is 0 Å². The maximum absolute atomic E-state index is 11.9. The zero-order valence-corrected chi connectivity index (χ0v) is 11.9. The number of rotatable bonds is 2. The Kier molecular flexibility index (Phi) is 3.55. The summed E-state index contributed by atoms with van der Waals surface area (Å²) < 4.78 is 11.3. The molecule has 0 radical (unpaired) electrons. The second-order valence-electron chi connectivity index (χ2n) is 6.59. The molecule has 0 unspecified atom stereocenters. The van der Waals surface area contributed by atoms with Crippen LogP contribution >= 0.6 is 0 Å². The average molecular weight is 284 g/mol. The highest BCUT2D eigenvalue weighted by Gasteiger charge is 2.59. The molecule has 1 saturated heterocycles. The van der Waals surface area contributed by atoms with E-state index >= 15 is 0 Å². The first-order valence-electron chi connectivity index (χ1n) is 7.76. The van der Waals surface area contributed by atoms with Gasteiger partial charge in [0.2, 0.25) is 0 Å². The van der Waals surface area contributed by atoms with Gasteiger partial charge in [-0.05, 0) is 25.7 Å². The predicted molar refractivity (Wildman–Crippen MR) is 71.2 cm³/mol. The molecular weight excluding hydrogens is 260 g/mol. The van der Waals surface area contributed by atoms with E-state index in [4.69, 9.17) is 9.47 Å². The minimum atomic E-state index is -1.11. The third-order valence-electron chi connectivity index (χ3n) is 5.66. The standard InChI is InChI=1S/C15H24O5/c16-12(17)13(4-2-1-3-5-13)14(18)6-8-15(9-7-14)19-10-11-20-15/h18H,1-11H2,(H,16,17). The van der Waals surface area contributed by atoms with Gasteiger partial charge in [-0.2, -0.15) is 0 Å². The third kappa shape index (κ3) is 2.07. The molecule has 1 spiro atoms. The highest BCUT2D eigenvalue weighted by Crippen LogP contribution is 2.53. The van der Waals surface area contributed by atoms with Crippen LogP contribution in [-0.2, 0) is 14.3 Å². The van der Waals surface area contributed by atoms with Crippen molar-refractivity contribution in [2.45, 2.75) is 69.2 Å². The lowest BCUT2D eigenvalue weighted by molar-refractivity contribution is -0.230. The zero-order chi connectivity index (χ0) is 14.3. The molecule has 5 heteroatoms. The van der Waals surface area contributed by atoms with Crippen molar-refractivity contribution in [1.29, 1.82) is 0 Å². The van der Waals surface area contributed by atoms with Gasteiger partial charge in [-0.25, -0.2) is 0 Å². The number of hydrogen-bond acceptors (Lipinski definition) is 4. The molecule has 5 nitrogen and oxygen atoms in total. The first-order valence-corrected chi connectivity index (χ1v) is 7.76. The van der Waals surface area contributed by atoms with E-state index in [-0.39, 0.29) is 0 Å². The molecule has 0 aromatic carbocycles. The van der Waals surface area contributed by atoms with Gasteiger partial charge in [0.25, 0.3) is 0 Å². The van der Waals surface area contributed by atoms with Crippen LogP contribution < -0.4 is 0 Å². The molecule has 3 fully saturated rings. The van der Waals surface area contributed by atoms with Crippen molar-refractivity contribution < 1.29 is 24.5 Å². The van der Waals surface area contributed by atoms with E-state index < -0.39 is 22.8 Å². The summed E-state index contributed by atoms with van der Waals surface area (Å²) in [5, 5.41) is 20.8. The Morgan fingerprint density at radius 1 is 0.850 bits per heavy atom. The minimum absolute atomic E-state index is 0.458. The van der Waals surface area contributed by atoms with Crippen LogP contribution in [0.2, 0.25) is 0 Å². The van der Waals surface area contributed by atoms with E-state index in [0.717, 1.165) is 19.3 Å². The zero-order valence-electron chi connectivity index (χ0n) is 11.9. The number of carbonyl (C=O) groups is 1. The topological polar surface area (TPSA) is 76.0 Å². The summed E-state index contributed by atoms with van der Waals surface area (Å²) in [6, 6.07) is 0. The summed E-state index contributed by atoms with van der Waals surface area (Å²) in [5.74, 6) is -1.38. The summed E-state index contributed by atoms with van der Waals surface area (Å²) in [7, 11) is 0. The van der Waals surface area contributed by atoms with Gasteiger partial charge in [0.05, 0.1) is 24.2 Å². The molecule has 0 aromatic heterocycles. The fourth-order valence-electron chi connectivity index (χ4n) is 4.34.